The van der Waals surface area contributed by atoms with E-state index in [0.29, 0.717) is 0 Å². The molecule has 0 bridgehead atoms. The molecule has 5 nitrogen and oxygen atoms in total. The zero-order chi connectivity index (χ0) is 13.8. The third kappa shape index (κ3) is 3.84. The molecule has 1 aromatic carbocycles. The van der Waals surface area contributed by atoms with Crippen LogP contribution in [0.2, 0.25) is 0 Å². The summed E-state index contributed by atoms with van der Waals surface area (Å²) in [6.07, 6.45) is 0. The van der Waals surface area contributed by atoms with E-state index < -0.39 is 0 Å². The molecule has 100 valence electrons. The van der Waals surface area contributed by atoms with Crippen molar-refractivity contribution in [3.05, 3.63) is 56.0 Å². The molecule has 2 aromatic rings. The van der Waals surface area contributed by atoms with Crippen molar-refractivity contribution in [2.24, 2.45) is 0 Å². The van der Waals surface area contributed by atoms with Gasteiger partial charge in [-0.1, -0.05) is 12.1 Å². The highest BCUT2D eigenvalue weighted by atomic mass is 32.1. The van der Waals surface area contributed by atoms with Gasteiger partial charge < -0.3 is 0 Å². The molecule has 1 heterocycles. The average Bonchev–Trinajstić information content (AvgIpc) is 2.75. The standard InChI is InChI=1S/C13H15N3O2S/c1-10-14-12(9-19-10)8-15(2)7-11-3-5-13(6-4-11)16(17)18/h3-6,9H,7-8H2,1-2H3. The number of non-ortho nitro benzene ring substituents is 1. The number of rotatable bonds is 5. The van der Waals surface area contributed by atoms with E-state index in [1.807, 2.05) is 14.0 Å². The number of nitro groups is 1. The van der Waals surface area contributed by atoms with Gasteiger partial charge in [-0.05, 0) is 19.5 Å². The van der Waals surface area contributed by atoms with Gasteiger partial charge in [0.25, 0.3) is 5.69 Å². The second-order valence-electron chi connectivity index (χ2n) is 4.45. The first-order chi connectivity index (χ1) is 9.04. The summed E-state index contributed by atoms with van der Waals surface area (Å²) >= 11 is 1.65. The van der Waals surface area contributed by atoms with Crippen LogP contribution in [0, 0.1) is 17.0 Å². The Morgan fingerprint density at radius 3 is 2.53 bits per heavy atom. The van der Waals surface area contributed by atoms with E-state index in [2.05, 4.69) is 15.3 Å². The van der Waals surface area contributed by atoms with Gasteiger partial charge in [0, 0.05) is 30.6 Å². The minimum atomic E-state index is -0.383. The molecule has 0 amide bonds. The Morgan fingerprint density at radius 1 is 1.32 bits per heavy atom. The van der Waals surface area contributed by atoms with Crippen molar-refractivity contribution in [1.29, 1.82) is 0 Å². The highest BCUT2D eigenvalue weighted by molar-refractivity contribution is 7.09. The number of aryl methyl sites for hydroxylation is 1. The summed E-state index contributed by atoms with van der Waals surface area (Å²) in [5.74, 6) is 0. The lowest BCUT2D eigenvalue weighted by Gasteiger charge is -2.15. The Hall–Kier alpha value is -1.79. The van der Waals surface area contributed by atoms with Gasteiger partial charge >= 0.3 is 0 Å². The zero-order valence-corrected chi connectivity index (χ0v) is 11.7. The summed E-state index contributed by atoms with van der Waals surface area (Å²) < 4.78 is 0. The summed E-state index contributed by atoms with van der Waals surface area (Å²) in [6, 6.07) is 6.66. The first-order valence-electron chi connectivity index (χ1n) is 5.87. The van der Waals surface area contributed by atoms with E-state index in [1.54, 1.807) is 23.5 Å². The molecule has 0 saturated carbocycles. The molecular formula is C13H15N3O2S. The smallest absolute Gasteiger partial charge is 0.269 e. The minimum Gasteiger partial charge on any atom is -0.296 e. The molecular weight excluding hydrogens is 262 g/mol. The normalized spacial score (nSPS) is 10.9. The van der Waals surface area contributed by atoms with Crippen LogP contribution in [0.4, 0.5) is 5.69 Å². The van der Waals surface area contributed by atoms with Gasteiger partial charge in [-0.2, -0.15) is 0 Å². The Kier molecular flexibility index (Phi) is 4.24. The molecule has 0 aliphatic heterocycles. The van der Waals surface area contributed by atoms with Crippen LogP contribution in [0.15, 0.2) is 29.6 Å². The van der Waals surface area contributed by atoms with Crippen LogP contribution < -0.4 is 0 Å². The Morgan fingerprint density at radius 2 is 2.00 bits per heavy atom. The van der Waals surface area contributed by atoms with Gasteiger partial charge in [0.1, 0.15) is 0 Å². The van der Waals surface area contributed by atoms with Crippen molar-refractivity contribution in [2.45, 2.75) is 20.0 Å². The van der Waals surface area contributed by atoms with Gasteiger partial charge in [-0.15, -0.1) is 11.3 Å². The fourth-order valence-corrected chi connectivity index (χ4v) is 2.45. The van der Waals surface area contributed by atoms with Crippen LogP contribution in [-0.4, -0.2) is 21.9 Å². The summed E-state index contributed by atoms with van der Waals surface area (Å²) in [4.78, 5) is 16.7. The number of benzene rings is 1. The maximum atomic E-state index is 10.6. The van der Waals surface area contributed by atoms with Crippen LogP contribution in [0.25, 0.3) is 0 Å². The molecule has 0 radical (unpaired) electrons. The van der Waals surface area contributed by atoms with Gasteiger partial charge in [0.15, 0.2) is 0 Å². The fraction of sp³-hybridized carbons (Fsp3) is 0.308. The molecule has 0 spiro atoms. The molecule has 0 saturated heterocycles. The van der Waals surface area contributed by atoms with Crippen LogP contribution in [0.3, 0.4) is 0 Å². The van der Waals surface area contributed by atoms with Gasteiger partial charge in [-0.3, -0.25) is 15.0 Å². The molecule has 1 aromatic heterocycles. The van der Waals surface area contributed by atoms with Crippen molar-refractivity contribution in [3.63, 3.8) is 0 Å². The predicted octanol–water partition coefficient (Wildman–Crippen LogP) is 2.99. The Balaban J connectivity index is 1.94. The lowest BCUT2D eigenvalue weighted by molar-refractivity contribution is -0.384. The van der Waals surface area contributed by atoms with Gasteiger partial charge in [0.05, 0.1) is 15.6 Å². The van der Waals surface area contributed by atoms with Gasteiger partial charge in [0.2, 0.25) is 0 Å². The van der Waals surface area contributed by atoms with Crippen LogP contribution in [0.1, 0.15) is 16.3 Å². The van der Waals surface area contributed by atoms with Crippen molar-refractivity contribution in [3.8, 4) is 0 Å². The van der Waals surface area contributed by atoms with Crippen LogP contribution in [0.5, 0.6) is 0 Å². The van der Waals surface area contributed by atoms with Crippen molar-refractivity contribution >= 4 is 17.0 Å². The first kappa shape index (κ1) is 13.6. The number of hydrogen-bond donors (Lipinski definition) is 0. The largest absolute Gasteiger partial charge is 0.296 e. The maximum Gasteiger partial charge on any atom is 0.269 e. The molecule has 0 unspecified atom stereocenters. The lowest BCUT2D eigenvalue weighted by atomic mass is 10.2. The number of aromatic nitrogens is 1. The van der Waals surface area contributed by atoms with Crippen molar-refractivity contribution in [2.75, 3.05) is 7.05 Å². The quantitative estimate of drug-likeness (QED) is 0.622. The molecule has 0 fully saturated rings. The zero-order valence-electron chi connectivity index (χ0n) is 10.9. The summed E-state index contributed by atoms with van der Waals surface area (Å²) in [5.41, 5.74) is 2.24. The maximum absolute atomic E-state index is 10.6. The van der Waals surface area contributed by atoms with E-state index in [0.717, 1.165) is 29.4 Å². The number of nitro benzene ring substituents is 1. The molecule has 19 heavy (non-hydrogen) atoms. The second kappa shape index (κ2) is 5.90. The highest BCUT2D eigenvalue weighted by Crippen LogP contribution is 2.15. The predicted molar refractivity (Wildman–Crippen MR) is 75.1 cm³/mol. The Labute approximate surface area is 115 Å². The number of thiazole rings is 1. The van der Waals surface area contributed by atoms with Crippen molar-refractivity contribution in [1.82, 2.24) is 9.88 Å². The summed E-state index contributed by atoms with van der Waals surface area (Å²) in [7, 11) is 2.01. The molecule has 0 atom stereocenters. The SMILES string of the molecule is Cc1nc(CN(C)Cc2ccc([N+](=O)[O-])cc2)cs1. The van der Waals surface area contributed by atoms with E-state index >= 15 is 0 Å². The van der Waals surface area contributed by atoms with Gasteiger partial charge in [-0.25, -0.2) is 4.98 Å². The third-order valence-corrected chi connectivity index (χ3v) is 3.52. The van der Waals surface area contributed by atoms with Crippen LogP contribution in [-0.2, 0) is 13.1 Å². The molecule has 6 heteroatoms. The van der Waals surface area contributed by atoms with E-state index in [1.165, 1.54) is 12.1 Å². The Bertz CT molecular complexity index is 566. The minimum absolute atomic E-state index is 0.126. The lowest BCUT2D eigenvalue weighted by Crippen LogP contribution is -2.17. The van der Waals surface area contributed by atoms with E-state index in [9.17, 15) is 10.1 Å². The second-order valence-corrected chi connectivity index (χ2v) is 5.52. The highest BCUT2D eigenvalue weighted by Gasteiger charge is 2.07. The number of hydrogen-bond acceptors (Lipinski definition) is 5. The van der Waals surface area contributed by atoms with Crippen molar-refractivity contribution < 1.29 is 4.92 Å². The van der Waals surface area contributed by atoms with E-state index in [-0.39, 0.29) is 10.6 Å². The number of nitrogens with zero attached hydrogens (tertiary/aromatic N) is 3. The summed E-state index contributed by atoms with van der Waals surface area (Å²) in [6.45, 7) is 3.51. The first-order valence-corrected chi connectivity index (χ1v) is 6.75. The summed E-state index contributed by atoms with van der Waals surface area (Å²) in [5, 5.41) is 13.7. The molecule has 0 aliphatic carbocycles. The third-order valence-electron chi connectivity index (χ3n) is 2.70. The van der Waals surface area contributed by atoms with Crippen LogP contribution >= 0.6 is 11.3 Å². The topological polar surface area (TPSA) is 59.3 Å². The fourth-order valence-electron chi connectivity index (χ4n) is 1.85. The molecule has 0 aliphatic rings. The van der Waals surface area contributed by atoms with E-state index in [4.69, 9.17) is 0 Å². The average molecular weight is 277 g/mol. The molecule has 0 N–H and O–H groups in total. The molecule has 2 rings (SSSR count). The monoisotopic (exact) mass is 277 g/mol.